The minimum absolute atomic E-state index is 0.164. The van der Waals surface area contributed by atoms with Gasteiger partial charge in [0.25, 0.3) is 5.91 Å². The lowest BCUT2D eigenvalue weighted by Gasteiger charge is -2.04. The third kappa shape index (κ3) is 5.11. The number of rotatable bonds is 7. The molecular formula is C19H18ClN5O2S. The Balaban J connectivity index is 1.55. The Hall–Kier alpha value is -2.84. The van der Waals surface area contributed by atoms with Crippen molar-refractivity contribution in [1.29, 1.82) is 0 Å². The fourth-order valence-corrected chi connectivity index (χ4v) is 3.28. The summed E-state index contributed by atoms with van der Waals surface area (Å²) in [5.74, 6) is 1.33. The molecule has 0 unspecified atom stereocenters. The number of benzene rings is 2. The zero-order valence-electron chi connectivity index (χ0n) is 15.3. The number of carbonyl (C=O) groups excluding carboxylic acids is 1. The number of carbonyl (C=O) groups is 1. The first-order valence-corrected chi connectivity index (χ1v) is 9.67. The van der Waals surface area contributed by atoms with E-state index >= 15 is 0 Å². The highest BCUT2D eigenvalue weighted by atomic mass is 35.5. The lowest BCUT2D eigenvalue weighted by Crippen LogP contribution is -2.19. The highest BCUT2D eigenvalue weighted by molar-refractivity contribution is 7.99. The standard InChI is InChI=1S/C19H18ClN5O2S/c1-25-18(14-6-4-7-15(20)10-14)23-24-19(25)28-12-17(26)22-21-11-13-5-3-8-16(9-13)27-2/h3-11H,12H2,1-2H3,(H,22,26)/b21-11+. The molecule has 0 radical (unpaired) electrons. The van der Waals surface area contributed by atoms with Crippen LogP contribution in [-0.4, -0.2) is 39.7 Å². The summed E-state index contributed by atoms with van der Waals surface area (Å²) in [6.07, 6.45) is 1.56. The Bertz CT molecular complexity index is 1010. The average molecular weight is 416 g/mol. The molecule has 1 N–H and O–H groups in total. The van der Waals surface area contributed by atoms with Crippen molar-refractivity contribution in [1.82, 2.24) is 20.2 Å². The van der Waals surface area contributed by atoms with Gasteiger partial charge in [0, 0.05) is 17.6 Å². The van der Waals surface area contributed by atoms with Crippen LogP contribution in [0.15, 0.2) is 58.8 Å². The third-order valence-electron chi connectivity index (χ3n) is 3.75. The molecule has 0 atom stereocenters. The number of hydrogen-bond donors (Lipinski definition) is 1. The molecular weight excluding hydrogens is 398 g/mol. The number of nitrogens with zero attached hydrogens (tertiary/aromatic N) is 4. The van der Waals surface area contributed by atoms with E-state index in [2.05, 4.69) is 20.7 Å². The Morgan fingerprint density at radius 2 is 2.11 bits per heavy atom. The molecule has 144 valence electrons. The van der Waals surface area contributed by atoms with Gasteiger partial charge in [0.15, 0.2) is 11.0 Å². The molecule has 28 heavy (non-hydrogen) atoms. The van der Waals surface area contributed by atoms with Gasteiger partial charge >= 0.3 is 0 Å². The van der Waals surface area contributed by atoms with E-state index in [0.29, 0.717) is 16.0 Å². The number of thioether (sulfide) groups is 1. The van der Waals surface area contributed by atoms with Crippen LogP contribution in [0.1, 0.15) is 5.56 Å². The zero-order chi connectivity index (χ0) is 19.9. The summed E-state index contributed by atoms with van der Waals surface area (Å²) in [6, 6.07) is 14.8. The van der Waals surface area contributed by atoms with Crippen LogP contribution < -0.4 is 10.2 Å². The molecule has 0 aliphatic rings. The first-order chi connectivity index (χ1) is 13.6. The van der Waals surface area contributed by atoms with Crippen molar-refractivity contribution in [2.75, 3.05) is 12.9 Å². The molecule has 7 nitrogen and oxygen atoms in total. The van der Waals surface area contributed by atoms with Crippen LogP contribution in [0.25, 0.3) is 11.4 Å². The minimum Gasteiger partial charge on any atom is -0.497 e. The lowest BCUT2D eigenvalue weighted by atomic mass is 10.2. The number of ether oxygens (including phenoxy) is 1. The van der Waals surface area contributed by atoms with Gasteiger partial charge in [-0.05, 0) is 29.8 Å². The Morgan fingerprint density at radius 3 is 2.89 bits per heavy atom. The van der Waals surface area contributed by atoms with E-state index in [1.54, 1.807) is 19.4 Å². The van der Waals surface area contributed by atoms with Crippen molar-refractivity contribution >= 4 is 35.5 Å². The SMILES string of the molecule is COc1cccc(/C=N/NC(=O)CSc2nnc(-c3cccc(Cl)c3)n2C)c1. The molecule has 3 aromatic rings. The maximum atomic E-state index is 12.0. The number of hydrazone groups is 1. The molecule has 1 amide bonds. The van der Waals surface area contributed by atoms with Crippen molar-refractivity contribution in [2.24, 2.45) is 12.1 Å². The van der Waals surface area contributed by atoms with Crippen LogP contribution in [0.4, 0.5) is 0 Å². The first kappa shape index (κ1) is 19.9. The van der Waals surface area contributed by atoms with Crippen LogP contribution in [0.2, 0.25) is 5.02 Å². The van der Waals surface area contributed by atoms with E-state index in [9.17, 15) is 4.79 Å². The fraction of sp³-hybridized carbons (Fsp3) is 0.158. The monoisotopic (exact) mass is 415 g/mol. The highest BCUT2D eigenvalue weighted by Crippen LogP contribution is 2.24. The third-order valence-corrected chi connectivity index (χ3v) is 5.00. The summed E-state index contributed by atoms with van der Waals surface area (Å²) < 4.78 is 6.97. The first-order valence-electron chi connectivity index (χ1n) is 8.31. The maximum absolute atomic E-state index is 12.0. The second-order valence-corrected chi connectivity index (χ2v) is 7.11. The fourth-order valence-electron chi connectivity index (χ4n) is 2.38. The van der Waals surface area contributed by atoms with Crippen molar-refractivity contribution in [3.63, 3.8) is 0 Å². The minimum atomic E-state index is -0.239. The molecule has 0 saturated carbocycles. The van der Waals surface area contributed by atoms with Crippen LogP contribution in [0.3, 0.4) is 0 Å². The van der Waals surface area contributed by atoms with Crippen LogP contribution in [0, 0.1) is 0 Å². The number of amides is 1. The van der Waals surface area contributed by atoms with E-state index in [1.165, 1.54) is 11.8 Å². The lowest BCUT2D eigenvalue weighted by molar-refractivity contribution is -0.118. The number of methoxy groups -OCH3 is 1. The van der Waals surface area contributed by atoms with Gasteiger partial charge in [-0.1, -0.05) is 47.6 Å². The van der Waals surface area contributed by atoms with Gasteiger partial charge in [-0.2, -0.15) is 5.10 Å². The van der Waals surface area contributed by atoms with Crippen molar-refractivity contribution in [3.05, 3.63) is 59.1 Å². The molecule has 1 aromatic heterocycles. The molecule has 0 bridgehead atoms. The highest BCUT2D eigenvalue weighted by Gasteiger charge is 2.13. The van der Waals surface area contributed by atoms with Crippen molar-refractivity contribution in [2.45, 2.75) is 5.16 Å². The number of nitrogens with one attached hydrogen (secondary N) is 1. The molecule has 1 heterocycles. The molecule has 0 saturated heterocycles. The summed E-state index contributed by atoms with van der Waals surface area (Å²) in [5, 5.41) is 13.5. The topological polar surface area (TPSA) is 81.4 Å². The predicted molar refractivity (Wildman–Crippen MR) is 111 cm³/mol. The Labute approximate surface area is 171 Å². The normalized spacial score (nSPS) is 11.0. The molecule has 9 heteroatoms. The molecule has 3 rings (SSSR count). The average Bonchev–Trinajstić information content (AvgIpc) is 3.07. The summed E-state index contributed by atoms with van der Waals surface area (Å²) >= 11 is 7.31. The Kier molecular flexibility index (Phi) is 6.67. The van der Waals surface area contributed by atoms with Crippen molar-refractivity contribution in [3.8, 4) is 17.1 Å². The predicted octanol–water partition coefficient (Wildman–Crippen LogP) is 3.39. The number of hydrogen-bond acceptors (Lipinski definition) is 6. The van der Waals surface area contributed by atoms with Crippen LogP contribution in [-0.2, 0) is 11.8 Å². The molecule has 2 aromatic carbocycles. The van der Waals surface area contributed by atoms with Gasteiger partial charge in [-0.3, -0.25) is 4.79 Å². The smallest absolute Gasteiger partial charge is 0.250 e. The summed E-state index contributed by atoms with van der Waals surface area (Å²) in [5.41, 5.74) is 4.19. The van der Waals surface area contributed by atoms with E-state index in [-0.39, 0.29) is 11.7 Å². The molecule has 0 spiro atoms. The number of halogens is 1. The largest absolute Gasteiger partial charge is 0.497 e. The van der Waals surface area contributed by atoms with Gasteiger partial charge in [0.05, 0.1) is 19.1 Å². The van der Waals surface area contributed by atoms with Crippen molar-refractivity contribution < 1.29 is 9.53 Å². The zero-order valence-corrected chi connectivity index (χ0v) is 16.9. The second kappa shape index (κ2) is 9.38. The number of aromatic nitrogens is 3. The van der Waals surface area contributed by atoms with Gasteiger partial charge in [0.2, 0.25) is 0 Å². The Morgan fingerprint density at radius 1 is 1.29 bits per heavy atom. The summed E-state index contributed by atoms with van der Waals surface area (Å²) in [4.78, 5) is 12.0. The molecule has 0 fully saturated rings. The van der Waals surface area contributed by atoms with Gasteiger partial charge < -0.3 is 9.30 Å². The summed E-state index contributed by atoms with van der Waals surface area (Å²) in [6.45, 7) is 0. The van der Waals surface area contributed by atoms with Crippen LogP contribution >= 0.6 is 23.4 Å². The van der Waals surface area contributed by atoms with Gasteiger partial charge in [-0.15, -0.1) is 10.2 Å². The van der Waals surface area contributed by atoms with E-state index in [1.807, 2.05) is 54.1 Å². The van der Waals surface area contributed by atoms with E-state index < -0.39 is 0 Å². The maximum Gasteiger partial charge on any atom is 0.250 e. The van der Waals surface area contributed by atoms with Gasteiger partial charge in [0.1, 0.15) is 5.75 Å². The molecule has 0 aliphatic heterocycles. The molecule has 0 aliphatic carbocycles. The summed E-state index contributed by atoms with van der Waals surface area (Å²) in [7, 11) is 3.44. The second-order valence-electron chi connectivity index (χ2n) is 5.73. The van der Waals surface area contributed by atoms with Gasteiger partial charge in [-0.25, -0.2) is 5.43 Å². The quantitative estimate of drug-likeness (QED) is 0.363. The van der Waals surface area contributed by atoms with E-state index in [4.69, 9.17) is 16.3 Å². The van der Waals surface area contributed by atoms with E-state index in [0.717, 1.165) is 16.9 Å². The van der Waals surface area contributed by atoms with Crippen LogP contribution in [0.5, 0.6) is 5.75 Å².